The molecular weight excluding hydrogens is 841 g/mol. The Kier molecular flexibility index (Phi) is 19.0. The van der Waals surface area contributed by atoms with Crippen molar-refractivity contribution < 1.29 is 56.9 Å². The van der Waals surface area contributed by atoms with Crippen LogP contribution in [0.25, 0.3) is 0 Å². The first-order valence-corrected chi connectivity index (χ1v) is 22.7. The van der Waals surface area contributed by atoms with Crippen LogP contribution in [-0.4, -0.2) is 85.3 Å². The Morgan fingerprint density at radius 1 is 0.424 bits per heavy atom. The summed E-state index contributed by atoms with van der Waals surface area (Å²) in [6.45, 7) is 18.0. The van der Waals surface area contributed by atoms with Crippen LogP contribution in [0.3, 0.4) is 0 Å². The van der Waals surface area contributed by atoms with Crippen LogP contribution in [0.4, 0.5) is 0 Å². The third kappa shape index (κ3) is 16.6. The van der Waals surface area contributed by atoms with E-state index in [2.05, 4.69) is 90.1 Å². The highest BCUT2D eigenvalue weighted by Gasteiger charge is 2.17. The van der Waals surface area contributed by atoms with Crippen molar-refractivity contribution in [3.8, 4) is 34.5 Å². The predicted molar refractivity (Wildman–Crippen MR) is 253 cm³/mol. The van der Waals surface area contributed by atoms with Crippen molar-refractivity contribution in [3.63, 3.8) is 0 Å². The first-order valence-electron chi connectivity index (χ1n) is 22.7. The molecule has 12 nitrogen and oxygen atoms in total. The van der Waals surface area contributed by atoms with Crippen molar-refractivity contribution in [2.45, 2.75) is 72.2 Å². The highest BCUT2D eigenvalue weighted by molar-refractivity contribution is 5.90. The van der Waals surface area contributed by atoms with E-state index in [0.29, 0.717) is 118 Å². The number of hydrogen-bond donors (Lipinski definition) is 0. The summed E-state index contributed by atoms with van der Waals surface area (Å²) in [6.07, 6.45) is 0. The van der Waals surface area contributed by atoms with E-state index in [1.807, 2.05) is 42.5 Å². The summed E-state index contributed by atoms with van der Waals surface area (Å²) in [5, 5.41) is 0. The molecule has 1 aliphatic heterocycles. The number of carbonyl (C=O) groups excluding carboxylic acids is 1. The van der Waals surface area contributed by atoms with Gasteiger partial charge >= 0.3 is 5.97 Å². The van der Waals surface area contributed by atoms with Gasteiger partial charge in [-0.2, -0.15) is 0 Å². The Morgan fingerprint density at radius 2 is 0.818 bits per heavy atom. The van der Waals surface area contributed by atoms with E-state index >= 15 is 0 Å². The van der Waals surface area contributed by atoms with Crippen LogP contribution in [0, 0.1) is 0 Å². The van der Waals surface area contributed by atoms with E-state index in [9.17, 15) is 4.79 Å². The van der Waals surface area contributed by atoms with Crippen LogP contribution < -0.4 is 28.4 Å². The fraction of sp³-hybridized carbons (Fsp3) is 0.426. The molecule has 0 fully saturated rings. The van der Waals surface area contributed by atoms with E-state index in [0.717, 1.165) is 11.1 Å². The molecule has 0 spiro atoms. The Balaban J connectivity index is 1.08. The second-order valence-electron chi connectivity index (χ2n) is 17.8. The zero-order valence-electron chi connectivity index (χ0n) is 39.4. The van der Waals surface area contributed by atoms with Gasteiger partial charge in [-0.25, -0.2) is 4.79 Å². The largest absolute Gasteiger partial charge is 0.489 e. The molecule has 0 radical (unpaired) electrons. The van der Waals surface area contributed by atoms with Crippen LogP contribution >= 0.6 is 0 Å². The van der Waals surface area contributed by atoms with Crippen molar-refractivity contribution in [2.24, 2.45) is 0 Å². The minimum absolute atomic E-state index is 0.0230. The molecule has 1 aliphatic rings. The maximum absolute atomic E-state index is 13.6. The lowest BCUT2D eigenvalue weighted by Gasteiger charge is -2.19. The van der Waals surface area contributed by atoms with E-state index in [1.165, 1.54) is 11.1 Å². The van der Waals surface area contributed by atoms with Crippen molar-refractivity contribution in [1.29, 1.82) is 0 Å². The van der Waals surface area contributed by atoms with Crippen LogP contribution in [0.5, 0.6) is 34.5 Å². The lowest BCUT2D eigenvalue weighted by atomic mass is 9.87. The van der Waals surface area contributed by atoms with Gasteiger partial charge in [0.2, 0.25) is 0 Å². The number of ether oxygens (including phenoxy) is 11. The van der Waals surface area contributed by atoms with Crippen LogP contribution in [0.1, 0.15) is 79.7 Å². The van der Waals surface area contributed by atoms with Gasteiger partial charge in [0.1, 0.15) is 57.7 Å². The molecule has 354 valence electrons. The summed E-state index contributed by atoms with van der Waals surface area (Å²) >= 11 is 0. The monoisotopic (exact) mass is 906 g/mol. The molecule has 0 amide bonds. The molecule has 5 aromatic rings. The zero-order valence-corrected chi connectivity index (χ0v) is 39.4. The zero-order chi connectivity index (χ0) is 46.6. The lowest BCUT2D eigenvalue weighted by Crippen LogP contribution is -2.16. The normalized spacial score (nSPS) is 15.2. The van der Waals surface area contributed by atoms with Crippen molar-refractivity contribution >= 4 is 5.97 Å². The predicted octanol–water partition coefficient (Wildman–Crippen LogP) is 10.1. The van der Waals surface area contributed by atoms with Crippen molar-refractivity contribution in [2.75, 3.05) is 79.3 Å². The molecule has 66 heavy (non-hydrogen) atoms. The average Bonchev–Trinajstić information content (AvgIpc) is 3.30. The second-order valence-corrected chi connectivity index (χ2v) is 17.8. The van der Waals surface area contributed by atoms with E-state index in [-0.39, 0.29) is 37.3 Å². The molecule has 0 unspecified atom stereocenters. The smallest absolute Gasteiger partial charge is 0.338 e. The first-order chi connectivity index (χ1) is 31.9. The van der Waals surface area contributed by atoms with Gasteiger partial charge in [0.15, 0.2) is 23.0 Å². The Hall–Kier alpha value is -5.79. The maximum Gasteiger partial charge on any atom is 0.338 e. The fourth-order valence-electron chi connectivity index (χ4n) is 6.69. The molecule has 0 aliphatic carbocycles. The fourth-order valence-corrected chi connectivity index (χ4v) is 6.69. The molecule has 5 aromatic carbocycles. The number of para-hydroxylation sites is 2. The lowest BCUT2D eigenvalue weighted by molar-refractivity contribution is 0.0223. The topological polar surface area (TPSA) is 119 Å². The molecule has 0 atom stereocenters. The minimum Gasteiger partial charge on any atom is -0.489 e. The highest BCUT2D eigenvalue weighted by Crippen LogP contribution is 2.31. The standard InChI is InChI=1S/C54H66O12/c1-53(2,3)44-16-11-40(12-17-44)37-64-46-33-42(34-47(36-46)65-38-41-13-18-45(19-14-41)54(4,5)6)39-66-52(55)43-15-20-50-51(35-43)63-32-28-59-24-23-57-26-30-61-49-10-8-7-9-48(49)60-29-25-56-21-22-58-27-31-62-50/h7-20,33-36H,21-32,37-39H2,1-6H3. The van der Waals surface area contributed by atoms with Gasteiger partial charge in [0.05, 0.1) is 58.4 Å². The third-order valence-electron chi connectivity index (χ3n) is 10.5. The number of hydrogen-bond acceptors (Lipinski definition) is 12. The first kappa shape index (κ1) is 49.6. The van der Waals surface area contributed by atoms with Gasteiger partial charge in [-0.15, -0.1) is 0 Å². The van der Waals surface area contributed by atoms with Gasteiger partial charge in [-0.1, -0.05) is 102 Å². The number of fused-ring (bicyclic) bond motifs is 2. The van der Waals surface area contributed by atoms with E-state index in [1.54, 1.807) is 18.2 Å². The van der Waals surface area contributed by atoms with Gasteiger partial charge in [-0.3, -0.25) is 0 Å². The molecular formula is C54H66O12. The third-order valence-corrected chi connectivity index (χ3v) is 10.5. The Morgan fingerprint density at radius 3 is 1.24 bits per heavy atom. The average molecular weight is 907 g/mol. The number of benzene rings is 5. The summed E-state index contributed by atoms with van der Waals surface area (Å²) in [4.78, 5) is 13.6. The second kappa shape index (κ2) is 25.2. The maximum atomic E-state index is 13.6. The molecule has 0 saturated carbocycles. The molecule has 0 saturated heterocycles. The quantitative estimate of drug-likeness (QED) is 0.131. The summed E-state index contributed by atoms with van der Waals surface area (Å²) in [7, 11) is 0. The summed E-state index contributed by atoms with van der Waals surface area (Å²) in [5.41, 5.74) is 5.69. The minimum atomic E-state index is -0.535. The Bertz CT molecular complexity index is 2140. The molecule has 12 heteroatoms. The molecule has 0 bridgehead atoms. The van der Waals surface area contributed by atoms with E-state index in [4.69, 9.17) is 52.1 Å². The van der Waals surface area contributed by atoms with Crippen molar-refractivity contribution in [1.82, 2.24) is 0 Å². The van der Waals surface area contributed by atoms with Crippen LogP contribution in [0.15, 0.2) is 109 Å². The van der Waals surface area contributed by atoms with Gasteiger partial charge < -0.3 is 52.1 Å². The van der Waals surface area contributed by atoms with Gasteiger partial charge in [-0.05, 0) is 81.1 Å². The Labute approximate surface area is 390 Å². The van der Waals surface area contributed by atoms with Crippen LogP contribution in [-0.2, 0) is 54.3 Å². The number of carbonyl (C=O) groups is 1. The highest BCUT2D eigenvalue weighted by atomic mass is 16.6. The van der Waals surface area contributed by atoms with Gasteiger partial charge in [0.25, 0.3) is 0 Å². The van der Waals surface area contributed by atoms with Gasteiger partial charge in [0, 0.05) is 6.07 Å². The van der Waals surface area contributed by atoms with E-state index < -0.39 is 5.97 Å². The van der Waals surface area contributed by atoms with Crippen LogP contribution in [0.2, 0.25) is 0 Å². The summed E-state index contributed by atoms with van der Waals surface area (Å²) in [6, 6.07) is 35.0. The molecule has 1 heterocycles. The number of esters is 1. The SMILES string of the molecule is CC(C)(C)c1ccc(COc2cc(COC(=O)c3ccc4c(c3)OCCOCCOCCOc3ccccc3OCCOCCOCCO4)cc(OCc3ccc(C(C)(C)C)cc3)c2)cc1. The molecule has 0 aromatic heterocycles. The summed E-state index contributed by atoms with van der Waals surface area (Å²) in [5.74, 6) is 2.77. The summed E-state index contributed by atoms with van der Waals surface area (Å²) < 4.78 is 65.2. The molecule has 6 rings (SSSR count). The molecule has 0 N–H and O–H groups in total. The van der Waals surface area contributed by atoms with Crippen molar-refractivity contribution in [3.05, 3.63) is 143 Å². The number of rotatable bonds is 9.